The molecule has 2 aromatic carbocycles. The van der Waals surface area contributed by atoms with Crippen molar-refractivity contribution in [3.63, 3.8) is 0 Å². The number of hydrogen-bond acceptors (Lipinski definition) is 7. The van der Waals surface area contributed by atoms with E-state index < -0.39 is 42.1 Å². The van der Waals surface area contributed by atoms with Crippen LogP contribution in [-0.4, -0.2) is 77.0 Å². The zero-order chi connectivity index (χ0) is 27.4. The highest BCUT2D eigenvalue weighted by Gasteiger charge is 2.46. The molecular weight excluding hydrogens is 504 g/mol. The number of nitrogens with zero attached hydrogens (tertiary/aromatic N) is 2. The number of Topliss-reactive ketones (excluding diaryl/α,β-unsaturated/α-hetero) is 1. The highest BCUT2D eigenvalue weighted by Crippen LogP contribution is 2.26. The Labute approximate surface area is 225 Å². The lowest BCUT2D eigenvalue weighted by Crippen LogP contribution is -2.65. The number of carbonyl (C=O) groups is 5. The molecular formula is C28H30N4O7. The lowest BCUT2D eigenvalue weighted by Gasteiger charge is -2.43. The van der Waals surface area contributed by atoms with E-state index in [1.165, 1.54) is 5.01 Å². The van der Waals surface area contributed by atoms with Crippen molar-refractivity contribution in [2.75, 3.05) is 13.2 Å². The van der Waals surface area contributed by atoms with E-state index in [4.69, 9.17) is 9.47 Å². The Morgan fingerprint density at radius 3 is 2.41 bits per heavy atom. The molecule has 3 aliphatic rings. The average Bonchev–Trinajstić information content (AvgIpc) is 3.26. The molecule has 3 heterocycles. The molecule has 0 spiro atoms. The van der Waals surface area contributed by atoms with Gasteiger partial charge in [-0.05, 0) is 37.0 Å². The molecule has 3 aliphatic heterocycles. The molecule has 3 fully saturated rings. The number of benzene rings is 2. The predicted molar refractivity (Wildman–Crippen MR) is 136 cm³/mol. The molecule has 11 nitrogen and oxygen atoms in total. The van der Waals surface area contributed by atoms with Crippen LogP contribution in [-0.2, 0) is 35.3 Å². The van der Waals surface area contributed by atoms with E-state index in [1.54, 1.807) is 30.3 Å². The zero-order valence-corrected chi connectivity index (χ0v) is 21.3. The Hall–Kier alpha value is -4.09. The number of fused-ring (bicyclic) bond motifs is 1. The quantitative estimate of drug-likeness (QED) is 0.540. The third-order valence-electron chi connectivity index (χ3n) is 7.07. The second-order valence-electron chi connectivity index (χ2n) is 9.72. The van der Waals surface area contributed by atoms with Gasteiger partial charge in [0.2, 0.25) is 11.8 Å². The van der Waals surface area contributed by atoms with Crippen molar-refractivity contribution in [1.82, 2.24) is 20.7 Å². The van der Waals surface area contributed by atoms with E-state index in [-0.39, 0.29) is 50.7 Å². The van der Waals surface area contributed by atoms with Gasteiger partial charge in [0, 0.05) is 18.5 Å². The minimum atomic E-state index is -1.05. The Morgan fingerprint density at radius 2 is 1.67 bits per heavy atom. The van der Waals surface area contributed by atoms with Crippen LogP contribution in [0.25, 0.3) is 0 Å². The zero-order valence-electron chi connectivity index (χ0n) is 21.3. The first-order valence-electron chi connectivity index (χ1n) is 13.0. The lowest BCUT2D eigenvalue weighted by molar-refractivity contribution is -0.177. The minimum Gasteiger partial charge on any atom is -0.345 e. The molecule has 5 rings (SSSR count). The van der Waals surface area contributed by atoms with E-state index >= 15 is 0 Å². The van der Waals surface area contributed by atoms with Crippen LogP contribution < -0.4 is 10.6 Å². The predicted octanol–water partition coefficient (Wildman–Crippen LogP) is 0.940. The molecule has 204 valence electrons. The number of ketones is 1. The van der Waals surface area contributed by atoms with Gasteiger partial charge in [0.1, 0.15) is 24.7 Å². The van der Waals surface area contributed by atoms with Crippen LogP contribution in [0.4, 0.5) is 0 Å². The van der Waals surface area contributed by atoms with E-state index in [1.807, 2.05) is 30.3 Å². The second kappa shape index (κ2) is 11.7. The molecule has 11 heteroatoms. The standard InChI is InChI=1S/C28H30N4O7/c33-22-17-39-28(38-16-18-8-3-1-4-9-18)24(22)30-26(36)21-12-7-15-31-23(34)14-13-20(27(37)32(21)31)29-25(35)19-10-5-2-6-11-19/h1-6,8-11,20-21,24,28H,7,12-17H2,(H,29,35)(H,30,36). The molecule has 4 unspecified atom stereocenters. The van der Waals surface area contributed by atoms with E-state index in [2.05, 4.69) is 10.6 Å². The van der Waals surface area contributed by atoms with Crippen LogP contribution in [0.5, 0.6) is 0 Å². The van der Waals surface area contributed by atoms with Gasteiger partial charge in [-0.25, -0.2) is 5.01 Å². The molecule has 39 heavy (non-hydrogen) atoms. The second-order valence-corrected chi connectivity index (χ2v) is 9.72. The number of carbonyl (C=O) groups excluding carboxylic acids is 5. The fraction of sp³-hybridized carbons (Fsp3) is 0.393. The van der Waals surface area contributed by atoms with E-state index in [0.717, 1.165) is 10.6 Å². The number of rotatable bonds is 7. The molecule has 3 saturated heterocycles. The molecule has 4 atom stereocenters. The fourth-order valence-electron chi connectivity index (χ4n) is 5.03. The summed E-state index contributed by atoms with van der Waals surface area (Å²) in [5, 5.41) is 7.87. The van der Waals surface area contributed by atoms with Crippen LogP contribution in [0.2, 0.25) is 0 Å². The fourth-order valence-corrected chi connectivity index (χ4v) is 5.03. The van der Waals surface area contributed by atoms with Crippen molar-refractivity contribution >= 4 is 29.4 Å². The molecule has 2 N–H and O–H groups in total. The summed E-state index contributed by atoms with van der Waals surface area (Å²) in [5.41, 5.74) is 1.26. The van der Waals surface area contributed by atoms with Gasteiger partial charge in [-0.3, -0.25) is 29.0 Å². The summed E-state index contributed by atoms with van der Waals surface area (Å²) in [6.45, 7) is 0.252. The maximum Gasteiger partial charge on any atom is 0.264 e. The van der Waals surface area contributed by atoms with Gasteiger partial charge in [0.25, 0.3) is 11.8 Å². The summed E-state index contributed by atoms with van der Waals surface area (Å²) in [7, 11) is 0. The first-order chi connectivity index (χ1) is 18.9. The van der Waals surface area contributed by atoms with Crippen LogP contribution in [0.3, 0.4) is 0 Å². The van der Waals surface area contributed by atoms with Crippen LogP contribution in [0, 0.1) is 0 Å². The third-order valence-corrected chi connectivity index (χ3v) is 7.07. The van der Waals surface area contributed by atoms with Crippen molar-refractivity contribution in [1.29, 1.82) is 0 Å². The van der Waals surface area contributed by atoms with Crippen molar-refractivity contribution in [2.45, 2.75) is 56.7 Å². The lowest BCUT2D eigenvalue weighted by atomic mass is 10.0. The maximum absolute atomic E-state index is 13.7. The Kier molecular flexibility index (Phi) is 7.99. The number of hydrogen-bond donors (Lipinski definition) is 2. The third kappa shape index (κ3) is 5.84. The van der Waals surface area contributed by atoms with Crippen molar-refractivity contribution in [3.05, 3.63) is 71.8 Å². The number of nitrogens with one attached hydrogen (secondary N) is 2. The largest absolute Gasteiger partial charge is 0.345 e. The van der Waals surface area contributed by atoms with Gasteiger partial charge < -0.3 is 20.1 Å². The van der Waals surface area contributed by atoms with Crippen LogP contribution in [0.1, 0.15) is 41.6 Å². The number of hydrazine groups is 1. The highest BCUT2D eigenvalue weighted by molar-refractivity contribution is 6.00. The number of amides is 4. The van der Waals surface area contributed by atoms with Gasteiger partial charge in [0.15, 0.2) is 12.1 Å². The highest BCUT2D eigenvalue weighted by atomic mass is 16.7. The molecule has 0 saturated carbocycles. The maximum atomic E-state index is 13.7. The van der Waals surface area contributed by atoms with E-state index in [9.17, 15) is 24.0 Å². The monoisotopic (exact) mass is 534 g/mol. The van der Waals surface area contributed by atoms with Crippen molar-refractivity contribution < 1.29 is 33.4 Å². The Morgan fingerprint density at radius 1 is 0.949 bits per heavy atom. The molecule has 0 bridgehead atoms. The summed E-state index contributed by atoms with van der Waals surface area (Å²) in [5.74, 6) is -2.23. The summed E-state index contributed by atoms with van der Waals surface area (Å²) in [6, 6.07) is 14.7. The van der Waals surface area contributed by atoms with Gasteiger partial charge in [-0.1, -0.05) is 48.5 Å². The summed E-state index contributed by atoms with van der Waals surface area (Å²) in [6.07, 6.45) is -0.0427. The van der Waals surface area contributed by atoms with Crippen molar-refractivity contribution in [2.24, 2.45) is 0 Å². The first-order valence-corrected chi connectivity index (χ1v) is 13.0. The van der Waals surface area contributed by atoms with Crippen molar-refractivity contribution in [3.8, 4) is 0 Å². The molecule has 0 radical (unpaired) electrons. The summed E-state index contributed by atoms with van der Waals surface area (Å²) in [4.78, 5) is 65.4. The molecule has 0 aliphatic carbocycles. The minimum absolute atomic E-state index is 0.0423. The summed E-state index contributed by atoms with van der Waals surface area (Å²) < 4.78 is 11.3. The Balaban J connectivity index is 1.30. The smallest absolute Gasteiger partial charge is 0.264 e. The Bertz CT molecular complexity index is 1240. The van der Waals surface area contributed by atoms with Gasteiger partial charge in [-0.15, -0.1) is 0 Å². The van der Waals surface area contributed by atoms with Crippen LogP contribution in [0.15, 0.2) is 60.7 Å². The first kappa shape index (κ1) is 26.5. The summed E-state index contributed by atoms with van der Waals surface area (Å²) >= 11 is 0. The van der Waals surface area contributed by atoms with Gasteiger partial charge in [-0.2, -0.15) is 0 Å². The number of ether oxygens (including phenoxy) is 2. The van der Waals surface area contributed by atoms with Gasteiger partial charge in [0.05, 0.1) is 6.61 Å². The average molecular weight is 535 g/mol. The van der Waals surface area contributed by atoms with Crippen LogP contribution >= 0.6 is 0 Å². The normalized spacial score (nSPS) is 25.2. The molecule has 2 aromatic rings. The molecule has 4 amide bonds. The molecule has 0 aromatic heterocycles. The SMILES string of the molecule is O=C(NC1CCC(=O)N2CCCC(C(=O)NC3C(=O)COC3OCc3ccccc3)N2C1=O)c1ccccc1. The topological polar surface area (TPSA) is 134 Å². The van der Waals surface area contributed by atoms with E-state index in [0.29, 0.717) is 12.0 Å². The van der Waals surface area contributed by atoms with Gasteiger partial charge >= 0.3 is 0 Å².